The number of hydrogen-bond donors (Lipinski definition) is 2. The molecule has 0 spiro atoms. The molecule has 0 unspecified atom stereocenters. The minimum Gasteiger partial charge on any atom is -0.369 e. The van der Waals surface area contributed by atoms with Gasteiger partial charge in [-0.3, -0.25) is 9.78 Å². The lowest BCUT2D eigenvalue weighted by Crippen LogP contribution is -2.51. The number of aromatic nitrogens is 1. The van der Waals surface area contributed by atoms with Gasteiger partial charge in [-0.2, -0.15) is 5.26 Å². The van der Waals surface area contributed by atoms with E-state index in [0.29, 0.717) is 24.6 Å². The third kappa shape index (κ3) is 3.94. The van der Waals surface area contributed by atoms with Gasteiger partial charge in [0.25, 0.3) is 0 Å². The number of nitrogens with one attached hydrogen (secondary N) is 2. The molecule has 136 valence electrons. The average molecular weight is 351 g/mol. The Morgan fingerprint density at radius 3 is 3.00 bits per heavy atom. The molecule has 1 aliphatic rings. The molecule has 0 saturated carbocycles. The fourth-order valence-corrected chi connectivity index (χ4v) is 3.72. The maximum absolute atomic E-state index is 11.7. The van der Waals surface area contributed by atoms with Crippen molar-refractivity contribution in [3.05, 3.63) is 36.0 Å². The van der Waals surface area contributed by atoms with Gasteiger partial charge >= 0.3 is 0 Å². The first kappa shape index (κ1) is 18.2. The molecule has 1 aromatic carbocycles. The minimum atomic E-state index is 0.0327. The van der Waals surface area contributed by atoms with Crippen molar-refractivity contribution in [3.63, 3.8) is 0 Å². The highest BCUT2D eigenvalue weighted by atomic mass is 16.1. The number of piperidine rings is 1. The zero-order valence-corrected chi connectivity index (χ0v) is 15.3. The number of nitrogens with zero attached hydrogens (tertiary/aromatic N) is 3. The van der Waals surface area contributed by atoms with Gasteiger partial charge < -0.3 is 15.5 Å². The van der Waals surface area contributed by atoms with Crippen LogP contribution in [0.15, 0.2) is 30.5 Å². The van der Waals surface area contributed by atoms with Gasteiger partial charge in [-0.15, -0.1) is 0 Å². The number of hydrogen-bond acceptors (Lipinski definition) is 5. The Kier molecular flexibility index (Phi) is 5.69. The second kappa shape index (κ2) is 8.15. The highest BCUT2D eigenvalue weighted by Gasteiger charge is 2.26. The van der Waals surface area contributed by atoms with Crippen LogP contribution < -0.4 is 15.5 Å². The van der Waals surface area contributed by atoms with E-state index < -0.39 is 0 Å². The molecule has 1 amide bonds. The molecule has 0 radical (unpaired) electrons. The lowest BCUT2D eigenvalue weighted by Gasteiger charge is -2.38. The predicted octanol–water partition coefficient (Wildman–Crippen LogP) is 2.05. The first-order valence-corrected chi connectivity index (χ1v) is 9.15. The monoisotopic (exact) mass is 351 g/mol. The van der Waals surface area contributed by atoms with E-state index in [2.05, 4.69) is 33.5 Å². The lowest BCUT2D eigenvalue weighted by molar-refractivity contribution is -0.120. The van der Waals surface area contributed by atoms with Crippen LogP contribution in [-0.2, 0) is 4.79 Å². The van der Waals surface area contributed by atoms with Gasteiger partial charge in [-0.1, -0.05) is 6.92 Å². The number of rotatable bonds is 5. The summed E-state index contributed by atoms with van der Waals surface area (Å²) in [7, 11) is 0. The molecule has 26 heavy (non-hydrogen) atoms. The van der Waals surface area contributed by atoms with Gasteiger partial charge in [0.2, 0.25) is 5.91 Å². The number of fused-ring (bicyclic) bond motifs is 1. The third-order valence-electron chi connectivity index (χ3n) is 4.79. The highest BCUT2D eigenvalue weighted by molar-refractivity contribution is 5.95. The Hall–Kier alpha value is -2.65. The van der Waals surface area contributed by atoms with Crippen LogP contribution >= 0.6 is 0 Å². The first-order valence-electron chi connectivity index (χ1n) is 9.15. The Balaban J connectivity index is 1.81. The topological polar surface area (TPSA) is 81.0 Å². The summed E-state index contributed by atoms with van der Waals surface area (Å²) in [5, 5.41) is 16.5. The highest BCUT2D eigenvalue weighted by Crippen LogP contribution is 2.31. The largest absolute Gasteiger partial charge is 0.369 e. The van der Waals surface area contributed by atoms with E-state index in [-0.39, 0.29) is 11.9 Å². The van der Waals surface area contributed by atoms with Crippen LogP contribution in [0.3, 0.4) is 0 Å². The van der Waals surface area contributed by atoms with Crippen molar-refractivity contribution in [2.45, 2.75) is 26.3 Å². The van der Waals surface area contributed by atoms with Crippen LogP contribution in [0.4, 0.5) is 5.69 Å². The van der Waals surface area contributed by atoms with E-state index in [1.165, 1.54) is 0 Å². The van der Waals surface area contributed by atoms with E-state index in [4.69, 9.17) is 0 Å². The summed E-state index contributed by atoms with van der Waals surface area (Å²) < 4.78 is 0. The molecule has 1 fully saturated rings. The molecule has 2 heterocycles. The van der Waals surface area contributed by atoms with Crippen molar-refractivity contribution in [2.75, 3.05) is 31.1 Å². The van der Waals surface area contributed by atoms with Crippen molar-refractivity contribution < 1.29 is 4.79 Å². The summed E-state index contributed by atoms with van der Waals surface area (Å²) in [6.07, 6.45) is 2.77. The van der Waals surface area contributed by atoms with Gasteiger partial charge in [0.15, 0.2) is 0 Å². The summed E-state index contributed by atoms with van der Waals surface area (Å²) in [5.74, 6) is 0.545. The summed E-state index contributed by atoms with van der Waals surface area (Å²) >= 11 is 0. The van der Waals surface area contributed by atoms with Crippen LogP contribution in [0.25, 0.3) is 10.9 Å². The van der Waals surface area contributed by atoms with Crippen LogP contribution in [0, 0.1) is 17.2 Å². The van der Waals surface area contributed by atoms with Crippen LogP contribution in [-0.4, -0.2) is 43.1 Å². The molecule has 0 aliphatic carbocycles. The smallest absolute Gasteiger partial charge is 0.233 e. The number of carbonyl (C=O) groups excluding carboxylic acids is 1. The number of nitriles is 1. The Morgan fingerprint density at radius 1 is 1.38 bits per heavy atom. The fraction of sp³-hybridized carbons (Fsp3) is 0.450. The van der Waals surface area contributed by atoms with Crippen molar-refractivity contribution in [2.24, 2.45) is 5.92 Å². The van der Waals surface area contributed by atoms with E-state index >= 15 is 0 Å². The lowest BCUT2D eigenvalue weighted by atomic mass is 9.94. The molecule has 1 aliphatic heterocycles. The van der Waals surface area contributed by atoms with Crippen LogP contribution in [0.1, 0.15) is 25.8 Å². The normalized spacial score (nSPS) is 20.0. The molecule has 2 atom stereocenters. The molecule has 1 aromatic heterocycles. The van der Waals surface area contributed by atoms with Crippen molar-refractivity contribution in [1.29, 1.82) is 5.26 Å². The standard InChI is InChI=1S/C20H25N5O/c1-3-22-19(26)11-24-16-9-14(2)12-25(13-16)18-7-6-15(10-21)20-17(18)5-4-8-23-20/h4-8,14,16,24H,3,9,11-13H2,1-2H3,(H,22,26)/t14-,16+/m0/s1. The van der Waals surface area contributed by atoms with E-state index in [9.17, 15) is 10.1 Å². The molecule has 0 bridgehead atoms. The second-order valence-corrected chi connectivity index (χ2v) is 6.92. The average Bonchev–Trinajstić information content (AvgIpc) is 2.65. The Bertz CT molecular complexity index is 829. The van der Waals surface area contributed by atoms with Gasteiger partial charge in [-0.05, 0) is 43.5 Å². The third-order valence-corrected chi connectivity index (χ3v) is 4.79. The maximum Gasteiger partial charge on any atom is 0.233 e. The molecular formula is C20H25N5O. The summed E-state index contributed by atoms with van der Waals surface area (Å²) in [6, 6.07) is 10.3. The summed E-state index contributed by atoms with van der Waals surface area (Å²) in [6.45, 7) is 6.94. The SMILES string of the molecule is CCNC(=O)CN[C@@H]1C[C@H](C)CN(c2ccc(C#N)c3ncccc23)C1. The number of carbonyl (C=O) groups is 1. The molecule has 3 rings (SSSR count). The summed E-state index contributed by atoms with van der Waals surface area (Å²) in [4.78, 5) is 18.5. The Labute approximate surface area is 154 Å². The number of likely N-dealkylation sites (N-methyl/N-ethyl adjacent to an activating group) is 1. The fourth-order valence-electron chi connectivity index (χ4n) is 3.72. The predicted molar refractivity (Wildman–Crippen MR) is 103 cm³/mol. The van der Waals surface area contributed by atoms with E-state index in [0.717, 1.165) is 36.1 Å². The van der Waals surface area contributed by atoms with E-state index in [1.54, 1.807) is 6.20 Å². The number of amides is 1. The van der Waals surface area contributed by atoms with Crippen LogP contribution in [0.5, 0.6) is 0 Å². The number of benzene rings is 1. The van der Waals surface area contributed by atoms with Gasteiger partial charge in [0.05, 0.1) is 17.6 Å². The van der Waals surface area contributed by atoms with Gasteiger partial charge in [-0.25, -0.2) is 0 Å². The van der Waals surface area contributed by atoms with E-state index in [1.807, 2.05) is 31.2 Å². The zero-order valence-electron chi connectivity index (χ0n) is 15.3. The molecule has 2 N–H and O–H groups in total. The number of pyridine rings is 1. The quantitative estimate of drug-likeness (QED) is 0.862. The number of anilines is 1. The van der Waals surface area contributed by atoms with Gasteiger partial charge in [0, 0.05) is 42.9 Å². The van der Waals surface area contributed by atoms with Gasteiger partial charge in [0.1, 0.15) is 6.07 Å². The van der Waals surface area contributed by atoms with Crippen LogP contribution in [0.2, 0.25) is 0 Å². The summed E-state index contributed by atoms with van der Waals surface area (Å²) in [5.41, 5.74) is 2.45. The van der Waals surface area contributed by atoms with Crippen molar-refractivity contribution in [1.82, 2.24) is 15.6 Å². The maximum atomic E-state index is 11.7. The second-order valence-electron chi connectivity index (χ2n) is 6.92. The molecule has 1 saturated heterocycles. The van der Waals surface area contributed by atoms with Crippen molar-refractivity contribution in [3.8, 4) is 6.07 Å². The Morgan fingerprint density at radius 2 is 2.23 bits per heavy atom. The molecular weight excluding hydrogens is 326 g/mol. The molecule has 6 nitrogen and oxygen atoms in total. The first-order chi connectivity index (χ1) is 12.6. The minimum absolute atomic E-state index is 0.0327. The zero-order chi connectivity index (χ0) is 18.5. The molecule has 6 heteroatoms. The molecule has 2 aromatic rings. The van der Waals surface area contributed by atoms with Crippen molar-refractivity contribution >= 4 is 22.5 Å².